The van der Waals surface area contributed by atoms with Gasteiger partial charge in [0, 0.05) is 13.1 Å². The van der Waals surface area contributed by atoms with Gasteiger partial charge in [-0.25, -0.2) is 0 Å². The topological polar surface area (TPSA) is 30.5 Å². The van der Waals surface area contributed by atoms with Crippen molar-refractivity contribution in [1.82, 2.24) is 0 Å². The van der Waals surface area contributed by atoms with Gasteiger partial charge in [-0.2, -0.15) is 13.2 Å². The Bertz CT molecular complexity index is 528. The minimum absolute atomic E-state index is 0.381. The van der Waals surface area contributed by atoms with Gasteiger partial charge in [0.25, 0.3) is 4.90 Å². The third-order valence-corrected chi connectivity index (χ3v) is 5.61. The van der Waals surface area contributed by atoms with E-state index in [2.05, 4.69) is 5.32 Å². The largest absolute Gasteiger partial charge is 0.416 e. The molecule has 0 radical (unpaired) electrons. The Balaban J connectivity index is 2.44. The molecule has 1 N–H and O–H groups in total. The van der Waals surface area contributed by atoms with Gasteiger partial charge in [-0.15, -0.1) is 8.37 Å². The fourth-order valence-corrected chi connectivity index (χ4v) is 3.67. The van der Waals surface area contributed by atoms with E-state index < -0.39 is 34.4 Å². The third kappa shape index (κ3) is 3.00. The van der Waals surface area contributed by atoms with Gasteiger partial charge < -0.3 is 5.32 Å². The summed E-state index contributed by atoms with van der Waals surface area (Å²) in [6, 6.07) is 3.54. The summed E-state index contributed by atoms with van der Waals surface area (Å²) in [7, 11) is 1.65. The summed E-state index contributed by atoms with van der Waals surface area (Å²) in [6.07, 6.45) is -4.39. The van der Waals surface area contributed by atoms with Crippen LogP contribution in [0, 0.1) is 0 Å². The Kier molecular flexibility index (Phi) is 3.97. The monoisotopic (exact) mass is 322 g/mol. The summed E-state index contributed by atoms with van der Waals surface area (Å²) in [5.74, 6) is 0. The van der Waals surface area contributed by atoms with E-state index in [4.69, 9.17) is 8.37 Å². The zero-order valence-corrected chi connectivity index (χ0v) is 13.4. The van der Waals surface area contributed by atoms with Crippen LogP contribution in [0.2, 0.25) is 0 Å². The van der Waals surface area contributed by atoms with Crippen LogP contribution in [0.25, 0.3) is 0 Å². The molecule has 1 heterocycles. The lowest BCUT2D eigenvalue weighted by Gasteiger charge is -2.23. The molecule has 21 heavy (non-hydrogen) atoms. The first-order valence-corrected chi connectivity index (χ1v) is 7.58. The van der Waals surface area contributed by atoms with Crippen molar-refractivity contribution in [1.29, 1.82) is 0 Å². The third-order valence-electron chi connectivity index (χ3n) is 3.78. The average Bonchev–Trinajstić information content (AvgIpc) is 2.56. The van der Waals surface area contributed by atoms with Crippen molar-refractivity contribution in [2.45, 2.75) is 50.0 Å². The van der Waals surface area contributed by atoms with E-state index in [1.807, 2.05) is 27.7 Å². The van der Waals surface area contributed by atoms with E-state index in [0.29, 0.717) is 10.6 Å². The molecule has 118 valence electrons. The predicted octanol–water partition coefficient (Wildman–Crippen LogP) is 4.16. The summed E-state index contributed by atoms with van der Waals surface area (Å²) in [5, 5.41) is 2.89. The second-order valence-electron chi connectivity index (χ2n) is 5.88. The molecule has 0 bridgehead atoms. The summed E-state index contributed by atoms with van der Waals surface area (Å²) >= 11 is -1.15. The highest BCUT2D eigenvalue weighted by molar-refractivity contribution is 7.88. The maximum absolute atomic E-state index is 12.9. The van der Waals surface area contributed by atoms with E-state index >= 15 is 0 Å². The van der Waals surface area contributed by atoms with Crippen molar-refractivity contribution in [3.63, 3.8) is 0 Å². The standard InChI is InChI=1S/C14H19F3NO2S/c1-12(2)13(3,4)20-21(19-12)11-8-9(14(15,16)17)6-7-10(11)18-5/h6-8,18H,1-5H3/q+1. The number of hydrogen-bond donors (Lipinski definition) is 1. The quantitative estimate of drug-likeness (QED) is 0.830. The van der Waals surface area contributed by atoms with E-state index in [9.17, 15) is 13.2 Å². The molecule has 3 nitrogen and oxygen atoms in total. The van der Waals surface area contributed by atoms with Crippen LogP contribution in [0.3, 0.4) is 0 Å². The number of rotatable bonds is 2. The molecule has 0 atom stereocenters. The van der Waals surface area contributed by atoms with E-state index in [0.717, 1.165) is 12.1 Å². The Morgan fingerprint density at radius 2 is 1.57 bits per heavy atom. The predicted molar refractivity (Wildman–Crippen MR) is 76.9 cm³/mol. The smallest absolute Gasteiger partial charge is 0.384 e. The molecular formula is C14H19F3NO2S+. The molecule has 7 heteroatoms. The first kappa shape index (κ1) is 16.5. The molecule has 0 saturated carbocycles. The number of anilines is 1. The van der Waals surface area contributed by atoms with Crippen molar-refractivity contribution in [2.75, 3.05) is 12.4 Å². The molecule has 2 rings (SSSR count). The minimum Gasteiger partial charge on any atom is -0.384 e. The Hall–Kier alpha value is -0.920. The summed E-state index contributed by atoms with van der Waals surface area (Å²) in [5.41, 5.74) is -1.32. The second kappa shape index (κ2) is 5.07. The van der Waals surface area contributed by atoms with Crippen molar-refractivity contribution >= 4 is 17.1 Å². The molecule has 0 spiro atoms. The van der Waals surface area contributed by atoms with Gasteiger partial charge in [0.15, 0.2) is 11.2 Å². The van der Waals surface area contributed by atoms with Gasteiger partial charge in [0.1, 0.15) is 0 Å². The van der Waals surface area contributed by atoms with Gasteiger partial charge >= 0.3 is 17.6 Å². The molecule has 0 amide bonds. The number of halogens is 3. The van der Waals surface area contributed by atoms with Crippen molar-refractivity contribution < 1.29 is 21.5 Å². The molecule has 1 aliphatic heterocycles. The van der Waals surface area contributed by atoms with E-state index in [1.165, 1.54) is 6.07 Å². The SMILES string of the molecule is CNc1ccc(C(F)(F)F)cc1[S+]1OC(C)(C)C(C)(C)O1. The van der Waals surface area contributed by atoms with Crippen LogP contribution in [0.1, 0.15) is 33.3 Å². The van der Waals surface area contributed by atoms with Crippen molar-refractivity contribution in [3.05, 3.63) is 23.8 Å². The Morgan fingerprint density at radius 3 is 2.00 bits per heavy atom. The summed E-state index contributed by atoms with van der Waals surface area (Å²) in [6.45, 7) is 7.47. The summed E-state index contributed by atoms with van der Waals surface area (Å²) < 4.78 is 50.4. The molecule has 1 aliphatic rings. The molecule has 0 aromatic heterocycles. The molecule has 1 saturated heterocycles. The van der Waals surface area contributed by atoms with Crippen LogP contribution < -0.4 is 5.32 Å². The highest BCUT2D eigenvalue weighted by atomic mass is 32.2. The highest BCUT2D eigenvalue weighted by Crippen LogP contribution is 2.45. The normalized spacial score (nSPS) is 21.5. The molecule has 0 unspecified atom stereocenters. The molecule has 0 aliphatic carbocycles. The maximum atomic E-state index is 12.9. The van der Waals surface area contributed by atoms with Gasteiger partial charge in [0.2, 0.25) is 0 Å². The van der Waals surface area contributed by atoms with Crippen LogP contribution in [0.5, 0.6) is 0 Å². The van der Waals surface area contributed by atoms with E-state index in [-0.39, 0.29) is 0 Å². The average molecular weight is 322 g/mol. The van der Waals surface area contributed by atoms with Crippen LogP contribution in [-0.2, 0) is 26.0 Å². The Labute approximate surface area is 125 Å². The first-order chi connectivity index (χ1) is 9.48. The number of hydrogen-bond acceptors (Lipinski definition) is 3. The van der Waals surface area contributed by atoms with Crippen LogP contribution >= 0.6 is 0 Å². The van der Waals surface area contributed by atoms with Crippen LogP contribution in [-0.4, -0.2) is 18.2 Å². The minimum atomic E-state index is -4.39. The number of alkyl halides is 3. The van der Waals surface area contributed by atoms with Gasteiger partial charge in [0.05, 0.1) is 11.3 Å². The number of benzene rings is 1. The lowest BCUT2D eigenvalue weighted by molar-refractivity contribution is -0.137. The molecule has 1 aromatic carbocycles. The second-order valence-corrected chi connectivity index (χ2v) is 7.12. The fourth-order valence-electron chi connectivity index (χ4n) is 1.73. The first-order valence-electron chi connectivity index (χ1n) is 6.50. The summed E-state index contributed by atoms with van der Waals surface area (Å²) in [4.78, 5) is 0.381. The van der Waals surface area contributed by atoms with E-state index in [1.54, 1.807) is 7.05 Å². The zero-order valence-electron chi connectivity index (χ0n) is 12.6. The van der Waals surface area contributed by atoms with Crippen molar-refractivity contribution in [3.8, 4) is 0 Å². The molecule has 1 aromatic rings. The molecular weight excluding hydrogens is 303 g/mol. The Morgan fingerprint density at radius 1 is 1.05 bits per heavy atom. The van der Waals surface area contributed by atoms with Crippen LogP contribution in [0.15, 0.2) is 23.1 Å². The van der Waals surface area contributed by atoms with Crippen molar-refractivity contribution in [2.24, 2.45) is 0 Å². The zero-order chi connectivity index (χ0) is 16.1. The van der Waals surface area contributed by atoms with Gasteiger partial charge in [-0.05, 0) is 39.8 Å². The fraction of sp³-hybridized carbons (Fsp3) is 0.571. The maximum Gasteiger partial charge on any atom is 0.416 e. The van der Waals surface area contributed by atoms with Crippen LogP contribution in [0.4, 0.5) is 18.9 Å². The highest BCUT2D eigenvalue weighted by Gasteiger charge is 2.60. The van der Waals surface area contributed by atoms with Gasteiger partial charge in [-0.1, -0.05) is 0 Å². The van der Waals surface area contributed by atoms with Gasteiger partial charge in [-0.3, -0.25) is 0 Å². The molecule has 1 fully saturated rings. The lowest BCUT2D eigenvalue weighted by atomic mass is 9.90. The lowest BCUT2D eigenvalue weighted by Crippen LogP contribution is -2.41. The number of nitrogens with one attached hydrogen (secondary N) is 1.